The molecule has 0 fully saturated rings. The van der Waals surface area contributed by atoms with Crippen LogP contribution in [0.4, 0.5) is 40.7 Å². The molecule has 15 heteroatoms. The number of halogens is 5. The molecule has 3 rings (SSSR count). The normalized spacial score (nSPS) is 11.8. The minimum atomic E-state index is -4.62. The fraction of sp³-hybridized carbons (Fsp3) is 0.167. The second-order valence-electron chi connectivity index (χ2n) is 6.29. The van der Waals surface area contributed by atoms with Crippen LogP contribution in [0.15, 0.2) is 47.8 Å². The Hall–Kier alpha value is -3.23. The third kappa shape index (κ3) is 6.63. The van der Waals surface area contributed by atoms with Crippen LogP contribution in [0.25, 0.3) is 0 Å². The van der Waals surface area contributed by atoms with Crippen molar-refractivity contribution in [3.05, 3.63) is 53.7 Å². The van der Waals surface area contributed by atoms with Crippen molar-refractivity contribution in [2.24, 2.45) is 0 Å². The average Bonchev–Trinajstić information content (AvgIpc) is 2.74. The van der Waals surface area contributed by atoms with E-state index in [9.17, 15) is 26.0 Å². The van der Waals surface area contributed by atoms with E-state index in [1.807, 2.05) is 0 Å². The molecule has 0 amide bonds. The molecule has 0 aliphatic carbocycles. The Morgan fingerprint density at radius 1 is 1.06 bits per heavy atom. The molecule has 3 aromatic rings. The maximum Gasteiger partial charge on any atom is 0.422 e. The molecule has 176 valence electrons. The average molecular weight is 507 g/mol. The zero-order valence-corrected chi connectivity index (χ0v) is 18.2. The first-order valence-electron chi connectivity index (χ1n) is 8.91. The van der Waals surface area contributed by atoms with Crippen LogP contribution in [-0.2, 0) is 10.0 Å². The third-order valence-electron chi connectivity index (χ3n) is 3.91. The van der Waals surface area contributed by atoms with Gasteiger partial charge in [-0.2, -0.15) is 13.2 Å². The van der Waals surface area contributed by atoms with E-state index in [1.54, 1.807) is 0 Å². The van der Waals surface area contributed by atoms with Gasteiger partial charge in [0.05, 0.1) is 15.6 Å². The molecule has 2 aromatic heterocycles. The number of sulfonamides is 1. The Kier molecular flexibility index (Phi) is 7.19. The summed E-state index contributed by atoms with van der Waals surface area (Å²) in [5.74, 6) is -1.08. The Bertz CT molecular complexity index is 1260. The van der Waals surface area contributed by atoms with Crippen LogP contribution in [-0.4, -0.2) is 43.2 Å². The maximum absolute atomic E-state index is 14.0. The van der Waals surface area contributed by atoms with Gasteiger partial charge in [-0.05, 0) is 31.3 Å². The van der Waals surface area contributed by atoms with Crippen LogP contribution in [0, 0.1) is 5.82 Å². The van der Waals surface area contributed by atoms with E-state index in [4.69, 9.17) is 16.3 Å². The molecule has 0 saturated heterocycles. The predicted molar refractivity (Wildman–Crippen MR) is 112 cm³/mol. The van der Waals surface area contributed by atoms with Crippen LogP contribution in [0.3, 0.4) is 0 Å². The molecule has 0 saturated carbocycles. The Morgan fingerprint density at radius 2 is 1.76 bits per heavy atom. The summed E-state index contributed by atoms with van der Waals surface area (Å²) >= 11 is 5.66. The zero-order valence-electron chi connectivity index (χ0n) is 16.6. The van der Waals surface area contributed by atoms with Gasteiger partial charge in [0, 0.05) is 12.3 Å². The number of pyridine rings is 1. The molecule has 0 radical (unpaired) electrons. The summed E-state index contributed by atoms with van der Waals surface area (Å²) in [6, 6.07) is 5.57. The van der Waals surface area contributed by atoms with Gasteiger partial charge in [-0.25, -0.2) is 32.5 Å². The highest BCUT2D eigenvalue weighted by molar-refractivity contribution is 7.89. The number of ether oxygens (including phenoxy) is 1. The highest BCUT2D eigenvalue weighted by atomic mass is 35.5. The third-order valence-corrected chi connectivity index (χ3v) is 5.52. The summed E-state index contributed by atoms with van der Waals surface area (Å²) < 4.78 is 82.9. The molecular formula is C18H15ClF4N6O3S. The molecule has 0 aliphatic rings. The fourth-order valence-electron chi connectivity index (χ4n) is 2.44. The summed E-state index contributed by atoms with van der Waals surface area (Å²) in [5, 5.41) is 5.38. The first-order chi connectivity index (χ1) is 15.5. The maximum atomic E-state index is 14.0. The van der Waals surface area contributed by atoms with Crippen molar-refractivity contribution in [2.45, 2.75) is 11.1 Å². The summed E-state index contributed by atoms with van der Waals surface area (Å²) in [6.07, 6.45) is -2.32. The van der Waals surface area contributed by atoms with Crippen molar-refractivity contribution in [3.63, 3.8) is 0 Å². The molecule has 1 aromatic carbocycles. The number of nitrogens with one attached hydrogen (secondary N) is 3. The van der Waals surface area contributed by atoms with Crippen molar-refractivity contribution >= 4 is 44.8 Å². The molecule has 0 bridgehead atoms. The SMILES string of the molecule is CNS(=O)(=O)c1ccc(OCC(F)(F)F)c(Nc2cc(Nc3ncc(Cl)cc3F)ncn2)c1. The van der Waals surface area contributed by atoms with Crippen molar-refractivity contribution in [3.8, 4) is 5.75 Å². The highest BCUT2D eigenvalue weighted by Crippen LogP contribution is 2.32. The number of anilines is 4. The second-order valence-corrected chi connectivity index (χ2v) is 8.61. The van der Waals surface area contributed by atoms with Crippen molar-refractivity contribution in [1.82, 2.24) is 19.7 Å². The monoisotopic (exact) mass is 506 g/mol. The van der Waals surface area contributed by atoms with E-state index < -0.39 is 28.6 Å². The molecule has 0 unspecified atom stereocenters. The first kappa shape index (κ1) is 24.4. The molecule has 33 heavy (non-hydrogen) atoms. The van der Waals surface area contributed by atoms with E-state index in [2.05, 4.69) is 30.3 Å². The highest BCUT2D eigenvalue weighted by Gasteiger charge is 2.29. The predicted octanol–water partition coefficient (Wildman–Crippen LogP) is 4.00. The molecule has 0 spiro atoms. The van der Waals surface area contributed by atoms with Gasteiger partial charge in [-0.1, -0.05) is 11.6 Å². The van der Waals surface area contributed by atoms with Gasteiger partial charge in [0.2, 0.25) is 10.0 Å². The number of hydrogen-bond acceptors (Lipinski definition) is 8. The Labute approximate surface area is 190 Å². The lowest BCUT2D eigenvalue weighted by molar-refractivity contribution is -0.153. The number of rotatable bonds is 8. The quantitative estimate of drug-likeness (QED) is 0.392. The van der Waals surface area contributed by atoms with Crippen LogP contribution in [0.2, 0.25) is 5.02 Å². The van der Waals surface area contributed by atoms with Gasteiger partial charge < -0.3 is 15.4 Å². The minimum Gasteiger partial charge on any atom is -0.482 e. The van der Waals surface area contributed by atoms with Gasteiger partial charge in [0.1, 0.15) is 23.7 Å². The van der Waals surface area contributed by atoms with Gasteiger partial charge in [-0.15, -0.1) is 0 Å². The number of benzene rings is 1. The smallest absolute Gasteiger partial charge is 0.422 e. The number of hydrogen-bond donors (Lipinski definition) is 3. The fourth-order valence-corrected chi connectivity index (χ4v) is 3.34. The number of alkyl halides is 3. The van der Waals surface area contributed by atoms with E-state index in [0.717, 1.165) is 30.6 Å². The Balaban J connectivity index is 1.91. The van der Waals surface area contributed by atoms with Gasteiger partial charge >= 0.3 is 6.18 Å². The largest absolute Gasteiger partial charge is 0.482 e. The summed E-state index contributed by atoms with van der Waals surface area (Å²) in [7, 11) is -2.72. The van der Waals surface area contributed by atoms with E-state index in [0.29, 0.717) is 0 Å². The van der Waals surface area contributed by atoms with Gasteiger partial charge in [-0.3, -0.25) is 0 Å². The van der Waals surface area contributed by atoms with Crippen molar-refractivity contribution in [2.75, 3.05) is 24.3 Å². The van der Waals surface area contributed by atoms with E-state index in [1.165, 1.54) is 19.3 Å². The van der Waals surface area contributed by atoms with Crippen LogP contribution in [0.5, 0.6) is 5.75 Å². The summed E-state index contributed by atoms with van der Waals surface area (Å²) in [6.45, 7) is -1.60. The molecule has 9 nitrogen and oxygen atoms in total. The summed E-state index contributed by atoms with van der Waals surface area (Å²) in [5.41, 5.74) is -0.115. The number of aromatic nitrogens is 3. The second kappa shape index (κ2) is 9.72. The topological polar surface area (TPSA) is 118 Å². The van der Waals surface area contributed by atoms with Crippen LogP contribution < -0.4 is 20.1 Å². The lowest BCUT2D eigenvalue weighted by Gasteiger charge is -2.16. The van der Waals surface area contributed by atoms with E-state index >= 15 is 0 Å². The van der Waals surface area contributed by atoms with Gasteiger partial charge in [0.25, 0.3) is 0 Å². The standard InChI is InChI=1S/C18H15ClF4N6O3S/c1-24-33(30,31)11-2-3-14(32-8-18(21,22)23)13(5-11)28-15-6-16(27-9-26-15)29-17-12(20)4-10(19)7-25-17/h2-7,9,24H,8H2,1H3,(H2,25,26,27,28,29). The molecule has 0 atom stereocenters. The molecular weight excluding hydrogens is 492 g/mol. The van der Waals surface area contributed by atoms with Crippen LogP contribution >= 0.6 is 11.6 Å². The van der Waals surface area contributed by atoms with Gasteiger partial charge in [0.15, 0.2) is 18.2 Å². The van der Waals surface area contributed by atoms with Crippen LogP contribution in [0.1, 0.15) is 0 Å². The first-order valence-corrected chi connectivity index (χ1v) is 10.8. The summed E-state index contributed by atoms with van der Waals surface area (Å²) in [4.78, 5) is 11.4. The lowest BCUT2D eigenvalue weighted by Crippen LogP contribution is -2.20. The minimum absolute atomic E-state index is 0.0396. The zero-order chi connectivity index (χ0) is 24.2. The molecule has 0 aliphatic heterocycles. The van der Waals surface area contributed by atoms with E-state index in [-0.39, 0.29) is 38.8 Å². The Morgan fingerprint density at radius 3 is 2.39 bits per heavy atom. The van der Waals surface area contributed by atoms with Crippen molar-refractivity contribution in [1.29, 1.82) is 0 Å². The van der Waals surface area contributed by atoms with Crippen molar-refractivity contribution < 1.29 is 30.7 Å². The lowest BCUT2D eigenvalue weighted by atomic mass is 10.3. The molecule has 2 heterocycles. The number of nitrogens with zero attached hydrogens (tertiary/aromatic N) is 3. The molecule has 3 N–H and O–H groups in total.